The average molecular weight is 515 g/mol. The standard InChI is InChI=1S/C27H26N6O3S/c1-3-36-23-14-12-22(13-15-23)33-26(21-10-6-16-28-18-21)31-32-27(33)37-19-25(34)30-29-17-7-9-20-8-4-5-11-24(20)35-2/h4-18H,3,19H2,1-2H3,(H,30,34). The van der Waals surface area contributed by atoms with E-state index in [2.05, 4.69) is 25.7 Å². The molecule has 0 spiro atoms. The minimum absolute atomic E-state index is 0.107. The number of amides is 1. The topological polar surface area (TPSA) is 104 Å². The molecular formula is C27H26N6O3S. The zero-order chi connectivity index (χ0) is 25.9. The van der Waals surface area contributed by atoms with E-state index in [0.29, 0.717) is 17.6 Å². The summed E-state index contributed by atoms with van der Waals surface area (Å²) in [7, 11) is 1.62. The number of nitrogens with one attached hydrogen (secondary N) is 1. The van der Waals surface area contributed by atoms with Gasteiger partial charge in [0, 0.05) is 35.4 Å². The number of benzene rings is 2. The van der Waals surface area contributed by atoms with Crippen LogP contribution in [-0.2, 0) is 4.79 Å². The lowest BCUT2D eigenvalue weighted by Gasteiger charge is -2.11. The number of carbonyl (C=O) groups is 1. The summed E-state index contributed by atoms with van der Waals surface area (Å²) in [5, 5.41) is 13.3. The molecule has 0 aliphatic rings. The molecule has 1 amide bonds. The van der Waals surface area contributed by atoms with Crippen molar-refractivity contribution in [2.24, 2.45) is 5.10 Å². The van der Waals surface area contributed by atoms with Crippen LogP contribution in [0.15, 0.2) is 89.4 Å². The highest BCUT2D eigenvalue weighted by Crippen LogP contribution is 2.28. The van der Waals surface area contributed by atoms with Gasteiger partial charge < -0.3 is 9.47 Å². The van der Waals surface area contributed by atoms with Crippen LogP contribution in [0.25, 0.3) is 23.2 Å². The highest BCUT2D eigenvalue weighted by molar-refractivity contribution is 7.99. The average Bonchev–Trinajstić information content (AvgIpc) is 3.37. The summed E-state index contributed by atoms with van der Waals surface area (Å²) in [6.45, 7) is 2.52. The number of rotatable bonds is 11. The van der Waals surface area contributed by atoms with Crippen molar-refractivity contribution in [3.63, 3.8) is 0 Å². The van der Waals surface area contributed by atoms with Crippen molar-refractivity contribution >= 4 is 30.0 Å². The minimum atomic E-state index is -0.267. The highest BCUT2D eigenvalue weighted by Gasteiger charge is 2.17. The molecule has 2 aromatic heterocycles. The van der Waals surface area contributed by atoms with Gasteiger partial charge >= 0.3 is 0 Å². The monoisotopic (exact) mass is 514 g/mol. The van der Waals surface area contributed by atoms with Crippen LogP contribution >= 0.6 is 11.8 Å². The Hall–Kier alpha value is -4.44. The van der Waals surface area contributed by atoms with Gasteiger partial charge in [0.05, 0.1) is 19.5 Å². The Kier molecular flexibility index (Phi) is 9.03. The first-order valence-electron chi connectivity index (χ1n) is 11.5. The maximum Gasteiger partial charge on any atom is 0.250 e. The molecule has 4 aromatic rings. The predicted octanol–water partition coefficient (Wildman–Crippen LogP) is 4.64. The van der Waals surface area contributed by atoms with Crippen LogP contribution in [-0.4, -0.2) is 51.3 Å². The molecule has 1 N–H and O–H groups in total. The molecule has 0 fully saturated rings. The minimum Gasteiger partial charge on any atom is -0.496 e. The number of hydrogen-bond donors (Lipinski definition) is 1. The number of nitrogens with zero attached hydrogens (tertiary/aromatic N) is 5. The van der Waals surface area contributed by atoms with E-state index in [-0.39, 0.29) is 11.7 Å². The van der Waals surface area contributed by atoms with Gasteiger partial charge in [-0.05, 0) is 61.5 Å². The van der Waals surface area contributed by atoms with Crippen LogP contribution in [0, 0.1) is 0 Å². The van der Waals surface area contributed by atoms with Gasteiger partial charge in [-0.15, -0.1) is 10.2 Å². The van der Waals surface area contributed by atoms with Crippen molar-refractivity contribution < 1.29 is 14.3 Å². The molecule has 0 saturated heterocycles. The number of ether oxygens (including phenoxy) is 2. The fourth-order valence-electron chi connectivity index (χ4n) is 3.40. The molecule has 0 saturated carbocycles. The second kappa shape index (κ2) is 13.0. The van der Waals surface area contributed by atoms with E-state index in [1.165, 1.54) is 18.0 Å². The van der Waals surface area contributed by atoms with E-state index < -0.39 is 0 Å². The number of hydrazone groups is 1. The van der Waals surface area contributed by atoms with Crippen molar-refractivity contribution in [3.8, 4) is 28.6 Å². The SMILES string of the molecule is CCOc1ccc(-n2c(SCC(=O)NN=CC=Cc3ccccc3OC)nnc2-c2cccnc2)cc1. The summed E-state index contributed by atoms with van der Waals surface area (Å²) in [5.41, 5.74) is 5.10. The molecule has 0 atom stereocenters. The molecule has 4 rings (SSSR count). The number of carbonyl (C=O) groups excluding carboxylic acids is 1. The molecule has 0 radical (unpaired) electrons. The summed E-state index contributed by atoms with van der Waals surface area (Å²) in [4.78, 5) is 16.6. The van der Waals surface area contributed by atoms with E-state index in [0.717, 1.165) is 28.3 Å². The van der Waals surface area contributed by atoms with Crippen LogP contribution in [0.3, 0.4) is 0 Å². The van der Waals surface area contributed by atoms with Crippen molar-refractivity contribution in [3.05, 3.63) is 84.7 Å². The van der Waals surface area contributed by atoms with Crippen LogP contribution in [0.2, 0.25) is 0 Å². The van der Waals surface area contributed by atoms with E-state index in [4.69, 9.17) is 9.47 Å². The Labute approximate surface area is 219 Å². The van der Waals surface area contributed by atoms with Gasteiger partial charge in [0.25, 0.3) is 5.91 Å². The largest absolute Gasteiger partial charge is 0.496 e. The lowest BCUT2D eigenvalue weighted by Crippen LogP contribution is -2.19. The number of methoxy groups -OCH3 is 1. The first-order chi connectivity index (χ1) is 18.2. The zero-order valence-electron chi connectivity index (χ0n) is 20.4. The maximum absolute atomic E-state index is 12.4. The van der Waals surface area contributed by atoms with Gasteiger partial charge in [0.2, 0.25) is 0 Å². The Morgan fingerprint density at radius 1 is 1.11 bits per heavy atom. The molecule has 0 unspecified atom stereocenters. The molecule has 0 aliphatic carbocycles. The number of hydrogen-bond acceptors (Lipinski definition) is 8. The number of aromatic nitrogens is 4. The molecule has 188 valence electrons. The first kappa shape index (κ1) is 25.6. The summed E-state index contributed by atoms with van der Waals surface area (Å²) < 4.78 is 12.8. The zero-order valence-corrected chi connectivity index (χ0v) is 21.3. The molecule has 0 aliphatic heterocycles. The van der Waals surface area contributed by atoms with Crippen molar-refractivity contribution in [1.82, 2.24) is 25.2 Å². The second-order valence-electron chi connectivity index (χ2n) is 7.51. The Morgan fingerprint density at radius 3 is 2.70 bits per heavy atom. The van der Waals surface area contributed by atoms with E-state index in [1.807, 2.05) is 78.2 Å². The molecule has 0 bridgehead atoms. The van der Waals surface area contributed by atoms with E-state index in [9.17, 15) is 4.79 Å². The smallest absolute Gasteiger partial charge is 0.250 e. The fraction of sp³-hybridized carbons (Fsp3) is 0.148. The Bertz CT molecular complexity index is 1370. The number of allylic oxidation sites excluding steroid dienone is 1. The van der Waals surface area contributed by atoms with Crippen LogP contribution in [0.4, 0.5) is 0 Å². The van der Waals surface area contributed by atoms with Crippen molar-refractivity contribution in [1.29, 1.82) is 0 Å². The molecular weight excluding hydrogens is 488 g/mol. The number of thioether (sulfide) groups is 1. The predicted molar refractivity (Wildman–Crippen MR) is 145 cm³/mol. The normalized spacial score (nSPS) is 11.2. The lowest BCUT2D eigenvalue weighted by molar-refractivity contribution is -0.118. The number of para-hydroxylation sites is 1. The van der Waals surface area contributed by atoms with Gasteiger partial charge in [0.1, 0.15) is 11.5 Å². The van der Waals surface area contributed by atoms with Gasteiger partial charge in [-0.25, -0.2) is 5.43 Å². The van der Waals surface area contributed by atoms with Gasteiger partial charge in [0.15, 0.2) is 11.0 Å². The molecule has 2 aromatic carbocycles. The highest BCUT2D eigenvalue weighted by atomic mass is 32.2. The molecule has 2 heterocycles. The van der Waals surface area contributed by atoms with Gasteiger partial charge in [-0.1, -0.05) is 30.0 Å². The van der Waals surface area contributed by atoms with Gasteiger partial charge in [-0.2, -0.15) is 5.10 Å². The number of pyridine rings is 1. The second-order valence-corrected chi connectivity index (χ2v) is 8.46. The van der Waals surface area contributed by atoms with Crippen molar-refractivity contribution in [2.45, 2.75) is 12.1 Å². The fourth-order valence-corrected chi connectivity index (χ4v) is 4.15. The van der Waals surface area contributed by atoms with Crippen molar-refractivity contribution in [2.75, 3.05) is 19.5 Å². The van der Waals surface area contributed by atoms with E-state index in [1.54, 1.807) is 25.6 Å². The van der Waals surface area contributed by atoms with Crippen LogP contribution in [0.1, 0.15) is 12.5 Å². The third-order valence-electron chi connectivity index (χ3n) is 5.06. The first-order valence-corrected chi connectivity index (χ1v) is 12.5. The van der Waals surface area contributed by atoms with Crippen LogP contribution < -0.4 is 14.9 Å². The Morgan fingerprint density at radius 2 is 1.95 bits per heavy atom. The van der Waals surface area contributed by atoms with E-state index >= 15 is 0 Å². The summed E-state index contributed by atoms with van der Waals surface area (Å²) in [5.74, 6) is 1.99. The third-order valence-corrected chi connectivity index (χ3v) is 5.98. The molecule has 9 nitrogen and oxygen atoms in total. The maximum atomic E-state index is 12.4. The molecule has 10 heteroatoms. The quantitative estimate of drug-likeness (QED) is 0.177. The third kappa shape index (κ3) is 6.83. The summed E-state index contributed by atoms with van der Waals surface area (Å²) in [6, 6.07) is 19.0. The Balaban J connectivity index is 1.43. The summed E-state index contributed by atoms with van der Waals surface area (Å²) >= 11 is 1.26. The lowest BCUT2D eigenvalue weighted by atomic mass is 10.2. The molecule has 37 heavy (non-hydrogen) atoms. The summed E-state index contributed by atoms with van der Waals surface area (Å²) in [6.07, 6.45) is 8.52. The van der Waals surface area contributed by atoms with Gasteiger partial charge in [-0.3, -0.25) is 14.3 Å². The van der Waals surface area contributed by atoms with Crippen LogP contribution in [0.5, 0.6) is 11.5 Å².